The van der Waals surface area contributed by atoms with E-state index >= 15 is 0 Å². The maximum absolute atomic E-state index is 9.56. The molecule has 2 heteroatoms. The lowest BCUT2D eigenvalue weighted by Gasteiger charge is -2.40. The molecule has 0 amide bonds. The topological polar surface area (TPSA) is 29.5 Å². The zero-order valence-corrected chi connectivity index (χ0v) is 10.1. The maximum atomic E-state index is 9.56. The molecule has 2 nitrogen and oxygen atoms in total. The van der Waals surface area contributed by atoms with E-state index in [4.69, 9.17) is 4.74 Å². The van der Waals surface area contributed by atoms with E-state index in [0.717, 1.165) is 18.6 Å². The third kappa shape index (κ3) is 1.98. The number of phenolic OH excluding ortho intramolecular Hbond substituents is 1. The van der Waals surface area contributed by atoms with Gasteiger partial charge in [-0.25, -0.2) is 0 Å². The van der Waals surface area contributed by atoms with Gasteiger partial charge in [0.05, 0.1) is 12.7 Å². The Balaban J connectivity index is 1.93. The Morgan fingerprint density at radius 2 is 2.24 bits per heavy atom. The Labute approximate surface area is 102 Å². The summed E-state index contributed by atoms with van der Waals surface area (Å²) in [6.45, 7) is 3.05. The molecule has 1 saturated heterocycles. The van der Waals surface area contributed by atoms with E-state index in [-0.39, 0.29) is 6.10 Å². The summed E-state index contributed by atoms with van der Waals surface area (Å²) >= 11 is 0. The van der Waals surface area contributed by atoms with Gasteiger partial charge in [-0.05, 0) is 43.4 Å². The van der Waals surface area contributed by atoms with Gasteiger partial charge in [-0.2, -0.15) is 0 Å². The first-order valence-corrected chi connectivity index (χ1v) is 6.31. The van der Waals surface area contributed by atoms with Crippen LogP contribution in [0.15, 0.2) is 35.9 Å². The lowest BCUT2D eigenvalue weighted by Crippen LogP contribution is -2.32. The third-order valence-electron chi connectivity index (χ3n) is 4.02. The van der Waals surface area contributed by atoms with E-state index in [0.29, 0.717) is 17.6 Å². The zero-order chi connectivity index (χ0) is 11.8. The van der Waals surface area contributed by atoms with Crippen LogP contribution in [0.25, 0.3) is 0 Å². The van der Waals surface area contributed by atoms with Crippen LogP contribution in [0.4, 0.5) is 0 Å². The van der Waals surface area contributed by atoms with Crippen LogP contribution in [-0.2, 0) is 4.74 Å². The molecular formula is C15H18O2. The van der Waals surface area contributed by atoms with Crippen molar-refractivity contribution < 1.29 is 9.84 Å². The van der Waals surface area contributed by atoms with Gasteiger partial charge < -0.3 is 9.84 Å². The predicted octanol–water partition coefficient (Wildman–Crippen LogP) is 3.44. The molecule has 0 saturated carbocycles. The minimum absolute atomic E-state index is 0.120. The smallest absolute Gasteiger partial charge is 0.115 e. The molecule has 2 aliphatic rings. The molecule has 1 heterocycles. The Kier molecular flexibility index (Phi) is 2.67. The summed E-state index contributed by atoms with van der Waals surface area (Å²) in [6, 6.07) is 7.47. The number of allylic oxidation sites excluding steroid dienone is 1. The molecule has 1 aliphatic heterocycles. The third-order valence-corrected chi connectivity index (χ3v) is 4.02. The van der Waals surface area contributed by atoms with Crippen LogP contribution in [0.2, 0.25) is 0 Å². The van der Waals surface area contributed by atoms with Crippen molar-refractivity contribution in [3.8, 4) is 5.75 Å². The van der Waals surface area contributed by atoms with Crippen LogP contribution >= 0.6 is 0 Å². The number of phenols is 1. The fourth-order valence-corrected chi connectivity index (χ4v) is 3.03. The summed E-state index contributed by atoms with van der Waals surface area (Å²) in [5, 5.41) is 9.56. The average Bonchev–Trinajstić information content (AvgIpc) is 2.34. The van der Waals surface area contributed by atoms with Crippen LogP contribution in [0, 0.1) is 11.8 Å². The lowest BCUT2D eigenvalue weighted by atomic mass is 9.75. The number of ether oxygens (including phenoxy) is 1. The number of rotatable bonds is 1. The van der Waals surface area contributed by atoms with Gasteiger partial charge in [-0.1, -0.05) is 23.8 Å². The fourth-order valence-electron chi connectivity index (χ4n) is 3.03. The van der Waals surface area contributed by atoms with Crippen molar-refractivity contribution in [2.45, 2.75) is 25.9 Å². The standard InChI is InChI=1S/C15H18O2/c1-10-5-6-11-7-14(10)15(17-9-11)12-3-2-4-13(16)8-12/h2-5,8,11,14-16H,6-7,9H2,1H3/t11-,14-,15+/m1/s1. The first kappa shape index (κ1) is 10.8. The number of benzene rings is 1. The Morgan fingerprint density at radius 3 is 3.06 bits per heavy atom. The van der Waals surface area contributed by atoms with Gasteiger partial charge >= 0.3 is 0 Å². The van der Waals surface area contributed by atoms with Gasteiger partial charge in [0, 0.05) is 5.92 Å². The number of fused-ring (bicyclic) bond motifs is 2. The second kappa shape index (κ2) is 4.19. The highest BCUT2D eigenvalue weighted by atomic mass is 16.5. The molecule has 0 radical (unpaired) electrons. The van der Waals surface area contributed by atoms with E-state index in [1.807, 2.05) is 18.2 Å². The monoisotopic (exact) mass is 230 g/mol. The van der Waals surface area contributed by atoms with Crippen molar-refractivity contribution in [2.24, 2.45) is 11.8 Å². The quantitative estimate of drug-likeness (QED) is 0.749. The molecule has 3 rings (SSSR count). The summed E-state index contributed by atoms with van der Waals surface area (Å²) in [5.41, 5.74) is 2.54. The number of hydrogen-bond acceptors (Lipinski definition) is 2. The normalized spacial score (nSPS) is 32.1. The molecule has 1 fully saturated rings. The fraction of sp³-hybridized carbons (Fsp3) is 0.467. The van der Waals surface area contributed by atoms with Crippen LogP contribution < -0.4 is 0 Å². The van der Waals surface area contributed by atoms with Crippen LogP contribution in [0.1, 0.15) is 31.4 Å². The summed E-state index contributed by atoms with van der Waals surface area (Å²) in [5.74, 6) is 1.51. The van der Waals surface area contributed by atoms with E-state index in [1.54, 1.807) is 6.07 Å². The largest absolute Gasteiger partial charge is 0.508 e. The average molecular weight is 230 g/mol. The maximum Gasteiger partial charge on any atom is 0.115 e. The molecule has 2 bridgehead atoms. The summed E-state index contributed by atoms with van der Waals surface area (Å²) < 4.78 is 6.00. The zero-order valence-electron chi connectivity index (χ0n) is 10.1. The molecule has 1 aromatic rings. The van der Waals surface area contributed by atoms with Crippen molar-refractivity contribution in [1.29, 1.82) is 0 Å². The van der Waals surface area contributed by atoms with E-state index in [1.165, 1.54) is 12.0 Å². The van der Waals surface area contributed by atoms with Gasteiger partial charge in [0.15, 0.2) is 0 Å². The highest BCUT2D eigenvalue weighted by Crippen LogP contribution is 2.44. The molecule has 1 aliphatic carbocycles. The van der Waals surface area contributed by atoms with Gasteiger partial charge in [0.1, 0.15) is 5.75 Å². The lowest BCUT2D eigenvalue weighted by molar-refractivity contribution is -0.0513. The summed E-state index contributed by atoms with van der Waals surface area (Å²) in [6.07, 6.45) is 4.87. The molecule has 3 atom stereocenters. The molecule has 0 aromatic heterocycles. The molecular weight excluding hydrogens is 212 g/mol. The van der Waals surface area contributed by atoms with Crippen LogP contribution in [-0.4, -0.2) is 11.7 Å². The minimum Gasteiger partial charge on any atom is -0.508 e. The summed E-state index contributed by atoms with van der Waals surface area (Å²) in [4.78, 5) is 0. The van der Waals surface area contributed by atoms with Gasteiger partial charge in [0.2, 0.25) is 0 Å². The van der Waals surface area contributed by atoms with Crippen molar-refractivity contribution in [3.05, 3.63) is 41.5 Å². The van der Waals surface area contributed by atoms with Crippen molar-refractivity contribution in [3.63, 3.8) is 0 Å². The minimum atomic E-state index is 0.120. The molecule has 1 N–H and O–H groups in total. The van der Waals surface area contributed by atoms with Crippen molar-refractivity contribution >= 4 is 0 Å². The molecule has 90 valence electrons. The molecule has 0 unspecified atom stereocenters. The Bertz CT molecular complexity index is 450. The van der Waals surface area contributed by atoms with Crippen LogP contribution in [0.3, 0.4) is 0 Å². The molecule has 17 heavy (non-hydrogen) atoms. The van der Waals surface area contributed by atoms with Gasteiger partial charge in [0.25, 0.3) is 0 Å². The summed E-state index contributed by atoms with van der Waals surface area (Å²) in [7, 11) is 0. The van der Waals surface area contributed by atoms with Crippen molar-refractivity contribution in [1.82, 2.24) is 0 Å². The van der Waals surface area contributed by atoms with E-state index < -0.39 is 0 Å². The van der Waals surface area contributed by atoms with Gasteiger partial charge in [-0.3, -0.25) is 0 Å². The highest BCUT2D eigenvalue weighted by molar-refractivity contribution is 5.31. The molecule has 1 aromatic carbocycles. The van der Waals surface area contributed by atoms with Crippen LogP contribution in [0.5, 0.6) is 5.75 Å². The Hall–Kier alpha value is -1.28. The second-order valence-corrected chi connectivity index (χ2v) is 5.24. The Morgan fingerprint density at radius 1 is 1.35 bits per heavy atom. The van der Waals surface area contributed by atoms with E-state index in [9.17, 15) is 5.11 Å². The number of aromatic hydroxyl groups is 1. The number of hydrogen-bond donors (Lipinski definition) is 1. The van der Waals surface area contributed by atoms with Crippen molar-refractivity contribution in [2.75, 3.05) is 6.61 Å². The highest BCUT2D eigenvalue weighted by Gasteiger charge is 2.35. The predicted molar refractivity (Wildman–Crippen MR) is 66.8 cm³/mol. The first-order chi connectivity index (χ1) is 8.24. The second-order valence-electron chi connectivity index (χ2n) is 5.24. The van der Waals surface area contributed by atoms with E-state index in [2.05, 4.69) is 13.0 Å². The SMILES string of the molecule is CC1=CC[C@H]2CO[C@@H](c3cccc(O)c3)[C@@H]1C2. The molecule has 0 spiro atoms. The first-order valence-electron chi connectivity index (χ1n) is 6.31. The van der Waals surface area contributed by atoms with Gasteiger partial charge in [-0.15, -0.1) is 0 Å².